The van der Waals surface area contributed by atoms with Crippen LogP contribution < -0.4 is 0 Å². The Morgan fingerprint density at radius 1 is 0.889 bits per heavy atom. The van der Waals surface area contributed by atoms with E-state index in [1.54, 1.807) is 6.08 Å². The highest BCUT2D eigenvalue weighted by atomic mass is 16.1. The quantitative estimate of drug-likeness (QED) is 0.589. The lowest BCUT2D eigenvalue weighted by molar-refractivity contribution is 0.556. The van der Waals surface area contributed by atoms with Gasteiger partial charge in [-0.1, -0.05) is 54.6 Å². The molecule has 2 nitrogen and oxygen atoms in total. The topological polar surface area (TPSA) is 29.4 Å². The molecular weight excluding hydrogens is 222 g/mol. The fourth-order valence-corrected chi connectivity index (χ4v) is 2.27. The molecule has 88 valence electrons. The van der Waals surface area contributed by atoms with Crippen molar-refractivity contribution in [3.8, 4) is 11.1 Å². The summed E-state index contributed by atoms with van der Waals surface area (Å²) in [7, 11) is 0. The normalized spacial score (nSPS) is 15.8. The molecular formula is C16H13NO. The van der Waals surface area contributed by atoms with Crippen LogP contribution in [-0.4, -0.2) is 6.08 Å². The molecule has 2 aromatic rings. The van der Waals surface area contributed by atoms with Gasteiger partial charge in [-0.2, -0.15) is 4.99 Å². The second kappa shape index (κ2) is 4.25. The van der Waals surface area contributed by atoms with Gasteiger partial charge in [-0.3, -0.25) is 0 Å². The van der Waals surface area contributed by atoms with Crippen molar-refractivity contribution in [3.63, 3.8) is 0 Å². The molecule has 0 aliphatic heterocycles. The van der Waals surface area contributed by atoms with Gasteiger partial charge in [0.25, 0.3) is 0 Å². The Hall–Kier alpha value is -2.18. The van der Waals surface area contributed by atoms with Gasteiger partial charge >= 0.3 is 0 Å². The number of isocyanates is 1. The molecule has 0 bridgehead atoms. The fraction of sp³-hybridized carbons (Fsp3) is 0.188. The molecule has 0 N–H and O–H groups in total. The minimum Gasteiger partial charge on any atom is -0.211 e. The predicted octanol–water partition coefficient (Wildman–Crippen LogP) is 3.68. The highest BCUT2D eigenvalue weighted by molar-refractivity contribution is 5.64. The zero-order valence-electron chi connectivity index (χ0n) is 9.97. The summed E-state index contributed by atoms with van der Waals surface area (Å²) >= 11 is 0. The van der Waals surface area contributed by atoms with Crippen LogP contribution in [0.15, 0.2) is 59.6 Å². The van der Waals surface area contributed by atoms with Gasteiger partial charge in [-0.25, -0.2) is 4.79 Å². The van der Waals surface area contributed by atoms with Crippen LogP contribution in [0, 0.1) is 0 Å². The first-order valence-corrected chi connectivity index (χ1v) is 6.09. The van der Waals surface area contributed by atoms with E-state index in [1.807, 2.05) is 18.2 Å². The molecule has 0 saturated heterocycles. The van der Waals surface area contributed by atoms with Crippen molar-refractivity contribution in [3.05, 3.63) is 60.2 Å². The van der Waals surface area contributed by atoms with Crippen molar-refractivity contribution >= 4 is 6.08 Å². The van der Waals surface area contributed by atoms with Crippen LogP contribution in [0.25, 0.3) is 11.1 Å². The Bertz CT molecular complexity index is 591. The van der Waals surface area contributed by atoms with E-state index in [1.165, 1.54) is 11.1 Å². The monoisotopic (exact) mass is 235 g/mol. The van der Waals surface area contributed by atoms with Gasteiger partial charge in [-0.15, -0.1) is 0 Å². The first-order valence-electron chi connectivity index (χ1n) is 6.09. The van der Waals surface area contributed by atoms with Gasteiger partial charge in [0.15, 0.2) is 0 Å². The van der Waals surface area contributed by atoms with Crippen LogP contribution in [-0.2, 0) is 10.3 Å². The van der Waals surface area contributed by atoms with E-state index in [-0.39, 0.29) is 5.54 Å². The fourth-order valence-electron chi connectivity index (χ4n) is 2.27. The van der Waals surface area contributed by atoms with Gasteiger partial charge < -0.3 is 0 Å². The summed E-state index contributed by atoms with van der Waals surface area (Å²) in [5.41, 5.74) is 3.24. The molecule has 0 spiro atoms. The Morgan fingerprint density at radius 3 is 2.06 bits per heavy atom. The van der Waals surface area contributed by atoms with E-state index >= 15 is 0 Å². The summed E-state index contributed by atoms with van der Waals surface area (Å²) in [5.74, 6) is 0. The third-order valence-corrected chi connectivity index (χ3v) is 3.51. The number of rotatable bonds is 3. The van der Waals surface area contributed by atoms with Crippen molar-refractivity contribution in [2.24, 2.45) is 4.99 Å². The molecule has 0 amide bonds. The van der Waals surface area contributed by atoms with Gasteiger partial charge in [0.2, 0.25) is 6.08 Å². The number of nitrogens with zero attached hydrogens (tertiary/aromatic N) is 1. The Labute approximate surface area is 106 Å². The van der Waals surface area contributed by atoms with Crippen molar-refractivity contribution in [2.75, 3.05) is 0 Å². The van der Waals surface area contributed by atoms with E-state index in [0.717, 1.165) is 18.4 Å². The molecule has 3 rings (SSSR count). The summed E-state index contributed by atoms with van der Waals surface area (Å²) in [5, 5.41) is 0. The van der Waals surface area contributed by atoms with E-state index in [4.69, 9.17) is 0 Å². The molecule has 2 aromatic carbocycles. The standard InChI is InChI=1S/C16H13NO/c18-12-17-16(10-11-16)15-8-6-14(7-9-15)13-4-2-1-3-5-13/h1-9H,10-11H2. The summed E-state index contributed by atoms with van der Waals surface area (Å²) < 4.78 is 0. The first kappa shape index (κ1) is 10.9. The number of hydrogen-bond donors (Lipinski definition) is 0. The largest absolute Gasteiger partial charge is 0.235 e. The summed E-state index contributed by atoms with van der Waals surface area (Å²) in [6.07, 6.45) is 3.59. The Kier molecular flexibility index (Phi) is 2.58. The van der Waals surface area contributed by atoms with Crippen molar-refractivity contribution in [1.29, 1.82) is 0 Å². The van der Waals surface area contributed by atoms with Crippen LogP contribution >= 0.6 is 0 Å². The van der Waals surface area contributed by atoms with E-state index in [2.05, 4.69) is 41.4 Å². The molecule has 18 heavy (non-hydrogen) atoms. The zero-order chi connectivity index (χ0) is 12.4. The Morgan fingerprint density at radius 2 is 1.50 bits per heavy atom. The average molecular weight is 235 g/mol. The molecule has 0 aromatic heterocycles. The summed E-state index contributed by atoms with van der Waals surface area (Å²) in [4.78, 5) is 14.4. The summed E-state index contributed by atoms with van der Waals surface area (Å²) in [6, 6.07) is 18.6. The number of carbonyl (C=O) groups excluding carboxylic acids is 1. The molecule has 1 saturated carbocycles. The third-order valence-electron chi connectivity index (χ3n) is 3.51. The van der Waals surface area contributed by atoms with Gasteiger partial charge in [0.1, 0.15) is 0 Å². The summed E-state index contributed by atoms with van der Waals surface area (Å²) in [6.45, 7) is 0. The molecule has 1 aliphatic carbocycles. The van der Waals surface area contributed by atoms with Gasteiger partial charge in [0.05, 0.1) is 5.54 Å². The molecule has 0 atom stereocenters. The van der Waals surface area contributed by atoms with Crippen LogP contribution in [0.5, 0.6) is 0 Å². The maximum atomic E-state index is 10.4. The second-order valence-corrected chi connectivity index (χ2v) is 4.68. The Balaban J connectivity index is 1.93. The van der Waals surface area contributed by atoms with E-state index in [9.17, 15) is 4.79 Å². The lowest BCUT2D eigenvalue weighted by atomic mass is 10.00. The van der Waals surface area contributed by atoms with E-state index < -0.39 is 0 Å². The third kappa shape index (κ3) is 1.87. The maximum absolute atomic E-state index is 10.4. The molecule has 2 heteroatoms. The van der Waals surface area contributed by atoms with Crippen LogP contribution in [0.2, 0.25) is 0 Å². The lowest BCUT2D eigenvalue weighted by Crippen LogP contribution is -2.01. The zero-order valence-corrected chi connectivity index (χ0v) is 9.97. The average Bonchev–Trinajstić information content (AvgIpc) is 3.21. The predicted molar refractivity (Wildman–Crippen MR) is 70.9 cm³/mol. The smallest absolute Gasteiger partial charge is 0.211 e. The van der Waals surface area contributed by atoms with Crippen molar-refractivity contribution < 1.29 is 4.79 Å². The number of aliphatic imine (C=N–C) groups is 1. The van der Waals surface area contributed by atoms with E-state index in [0.29, 0.717) is 0 Å². The van der Waals surface area contributed by atoms with Crippen molar-refractivity contribution in [1.82, 2.24) is 0 Å². The SMILES string of the molecule is O=C=NC1(c2ccc(-c3ccccc3)cc2)CC1. The maximum Gasteiger partial charge on any atom is 0.235 e. The number of hydrogen-bond acceptors (Lipinski definition) is 2. The molecule has 0 heterocycles. The van der Waals surface area contributed by atoms with Gasteiger partial charge in [-0.05, 0) is 29.5 Å². The number of benzene rings is 2. The molecule has 0 radical (unpaired) electrons. The highest BCUT2D eigenvalue weighted by Crippen LogP contribution is 2.49. The first-order chi connectivity index (χ1) is 8.84. The second-order valence-electron chi connectivity index (χ2n) is 4.68. The lowest BCUT2D eigenvalue weighted by Gasteiger charge is -2.09. The molecule has 0 unspecified atom stereocenters. The van der Waals surface area contributed by atoms with Crippen LogP contribution in [0.1, 0.15) is 18.4 Å². The molecule has 1 aliphatic rings. The van der Waals surface area contributed by atoms with Crippen molar-refractivity contribution in [2.45, 2.75) is 18.4 Å². The minimum atomic E-state index is -0.267. The van der Waals surface area contributed by atoms with Crippen LogP contribution in [0.3, 0.4) is 0 Å². The van der Waals surface area contributed by atoms with Gasteiger partial charge in [0, 0.05) is 0 Å². The highest BCUT2D eigenvalue weighted by Gasteiger charge is 2.44. The molecule has 1 fully saturated rings. The van der Waals surface area contributed by atoms with Crippen LogP contribution in [0.4, 0.5) is 0 Å². The minimum absolute atomic E-state index is 0.267.